The quantitative estimate of drug-likeness (QED) is 0.761. The van der Waals surface area contributed by atoms with Crippen LogP contribution in [0.15, 0.2) is 40.9 Å². The second-order valence-corrected chi connectivity index (χ2v) is 3.87. The summed E-state index contributed by atoms with van der Waals surface area (Å²) in [5.74, 6) is -0.0988. The van der Waals surface area contributed by atoms with Gasteiger partial charge in [-0.2, -0.15) is 0 Å². The number of hydrogen-bond acceptors (Lipinski definition) is 4. The first-order valence-electron chi connectivity index (χ1n) is 5.69. The van der Waals surface area contributed by atoms with Crippen LogP contribution >= 0.6 is 0 Å². The van der Waals surface area contributed by atoms with Crippen LogP contribution in [0, 0.1) is 0 Å². The van der Waals surface area contributed by atoms with Gasteiger partial charge in [0.25, 0.3) is 0 Å². The summed E-state index contributed by atoms with van der Waals surface area (Å²) in [6.45, 7) is 0.923. The second kappa shape index (κ2) is 5.97. The predicted molar refractivity (Wildman–Crippen MR) is 65.9 cm³/mol. The molecule has 18 heavy (non-hydrogen) atoms. The molecule has 0 unspecified atom stereocenters. The molecule has 0 atom stereocenters. The van der Waals surface area contributed by atoms with E-state index in [0.717, 1.165) is 11.3 Å². The maximum Gasteiger partial charge on any atom is 0.304 e. The fraction of sp³-hybridized carbons (Fsp3) is 0.231. The zero-order valence-corrected chi connectivity index (χ0v) is 9.80. The van der Waals surface area contributed by atoms with Gasteiger partial charge >= 0.3 is 5.97 Å². The normalized spacial score (nSPS) is 10.4. The van der Waals surface area contributed by atoms with Gasteiger partial charge in [-0.05, 0) is 0 Å². The molecule has 1 heterocycles. The van der Waals surface area contributed by atoms with Gasteiger partial charge in [0.15, 0.2) is 5.76 Å². The van der Waals surface area contributed by atoms with Crippen LogP contribution in [0.5, 0.6) is 0 Å². The minimum atomic E-state index is -0.812. The number of carboxylic acid groups (broad SMARTS) is 1. The number of carboxylic acids is 1. The number of nitrogens with zero attached hydrogens (tertiary/aromatic N) is 1. The Bertz CT molecular complexity index is 508. The van der Waals surface area contributed by atoms with E-state index in [-0.39, 0.29) is 6.42 Å². The number of aromatic nitrogens is 1. The molecular formula is C13H14N2O3. The Hall–Kier alpha value is -2.14. The Morgan fingerprint density at radius 1 is 1.33 bits per heavy atom. The van der Waals surface area contributed by atoms with Crippen LogP contribution in [0.4, 0.5) is 0 Å². The molecule has 0 aliphatic rings. The lowest BCUT2D eigenvalue weighted by Crippen LogP contribution is -2.17. The molecule has 2 aromatic rings. The molecule has 0 saturated carbocycles. The van der Waals surface area contributed by atoms with Crippen LogP contribution in [0.25, 0.3) is 11.3 Å². The van der Waals surface area contributed by atoms with E-state index in [9.17, 15) is 4.79 Å². The number of nitrogens with one attached hydrogen (secondary N) is 1. The zero-order chi connectivity index (χ0) is 12.8. The summed E-state index contributed by atoms with van der Waals surface area (Å²) in [6.07, 6.45) is 0.101. The second-order valence-electron chi connectivity index (χ2n) is 3.87. The van der Waals surface area contributed by atoms with Gasteiger partial charge in [0.05, 0.1) is 12.1 Å². The third-order valence-electron chi connectivity index (χ3n) is 2.44. The van der Waals surface area contributed by atoms with Crippen molar-refractivity contribution in [3.05, 3.63) is 42.1 Å². The lowest BCUT2D eigenvalue weighted by Gasteiger charge is -1.97. The van der Waals surface area contributed by atoms with E-state index in [2.05, 4.69) is 10.5 Å². The van der Waals surface area contributed by atoms with Gasteiger partial charge in [-0.25, -0.2) is 0 Å². The highest BCUT2D eigenvalue weighted by Gasteiger charge is 2.05. The minimum absolute atomic E-state index is 0.101. The van der Waals surface area contributed by atoms with Gasteiger partial charge in [0.1, 0.15) is 0 Å². The first-order valence-corrected chi connectivity index (χ1v) is 5.69. The fourth-order valence-electron chi connectivity index (χ4n) is 1.55. The number of aliphatic carboxylic acids is 1. The average Bonchev–Trinajstić information content (AvgIpc) is 2.84. The van der Waals surface area contributed by atoms with E-state index in [4.69, 9.17) is 9.63 Å². The number of hydrogen-bond donors (Lipinski definition) is 2. The molecule has 0 saturated heterocycles. The highest BCUT2D eigenvalue weighted by Crippen LogP contribution is 2.19. The predicted octanol–water partition coefficient (Wildman–Crippen LogP) is 1.91. The molecule has 0 aliphatic heterocycles. The summed E-state index contributed by atoms with van der Waals surface area (Å²) in [5, 5.41) is 15.4. The summed E-state index contributed by atoms with van der Waals surface area (Å²) in [7, 11) is 0. The van der Waals surface area contributed by atoms with E-state index >= 15 is 0 Å². The van der Waals surface area contributed by atoms with Crippen LogP contribution < -0.4 is 5.32 Å². The summed E-state index contributed by atoms with van der Waals surface area (Å²) in [5.41, 5.74) is 1.74. The first kappa shape index (κ1) is 12.3. The van der Waals surface area contributed by atoms with Crippen LogP contribution in [0.1, 0.15) is 12.1 Å². The first-order chi connectivity index (χ1) is 8.75. The number of rotatable bonds is 6. The van der Waals surface area contributed by atoms with Gasteiger partial charge in [0, 0.05) is 24.7 Å². The third kappa shape index (κ3) is 3.43. The van der Waals surface area contributed by atoms with Gasteiger partial charge < -0.3 is 14.9 Å². The molecule has 0 spiro atoms. The molecule has 94 valence electrons. The lowest BCUT2D eigenvalue weighted by molar-refractivity contribution is -0.136. The Balaban J connectivity index is 1.89. The van der Waals surface area contributed by atoms with Crippen molar-refractivity contribution in [2.75, 3.05) is 6.54 Å². The van der Waals surface area contributed by atoms with Crippen LogP contribution in [0.3, 0.4) is 0 Å². The molecular weight excluding hydrogens is 232 g/mol. The Morgan fingerprint density at radius 3 is 2.83 bits per heavy atom. The van der Waals surface area contributed by atoms with Gasteiger partial charge in [0.2, 0.25) is 0 Å². The summed E-state index contributed by atoms with van der Waals surface area (Å²) >= 11 is 0. The molecule has 0 aliphatic carbocycles. The van der Waals surface area contributed by atoms with Crippen LogP contribution in [-0.4, -0.2) is 22.8 Å². The molecule has 1 aromatic carbocycles. The van der Waals surface area contributed by atoms with Gasteiger partial charge in [-0.3, -0.25) is 4.79 Å². The van der Waals surface area contributed by atoms with Crippen molar-refractivity contribution in [1.82, 2.24) is 10.5 Å². The van der Waals surface area contributed by atoms with E-state index in [0.29, 0.717) is 18.8 Å². The van der Waals surface area contributed by atoms with E-state index in [1.54, 1.807) is 0 Å². The van der Waals surface area contributed by atoms with Crippen molar-refractivity contribution in [1.29, 1.82) is 0 Å². The maximum absolute atomic E-state index is 10.3. The van der Waals surface area contributed by atoms with E-state index < -0.39 is 5.97 Å². The van der Waals surface area contributed by atoms with Crippen molar-refractivity contribution in [3.63, 3.8) is 0 Å². The summed E-state index contributed by atoms with van der Waals surface area (Å²) in [4.78, 5) is 10.3. The van der Waals surface area contributed by atoms with Crippen molar-refractivity contribution >= 4 is 5.97 Å². The van der Waals surface area contributed by atoms with Crippen molar-refractivity contribution in [2.24, 2.45) is 0 Å². The fourth-order valence-corrected chi connectivity index (χ4v) is 1.55. The molecule has 1 aromatic heterocycles. The summed E-state index contributed by atoms with van der Waals surface area (Å²) in [6, 6.07) is 11.5. The Labute approximate surface area is 104 Å². The molecule has 5 nitrogen and oxygen atoms in total. The van der Waals surface area contributed by atoms with Gasteiger partial charge in [-0.15, -0.1) is 0 Å². The third-order valence-corrected chi connectivity index (χ3v) is 2.44. The standard InChI is InChI=1S/C13H14N2O3/c16-13(17)6-7-14-9-11-8-12(18-15-11)10-4-2-1-3-5-10/h1-5,8,14H,6-7,9H2,(H,16,17). The number of benzene rings is 1. The van der Waals surface area contributed by atoms with Crippen molar-refractivity contribution in [3.8, 4) is 11.3 Å². The topological polar surface area (TPSA) is 75.4 Å². The molecule has 5 heteroatoms. The van der Waals surface area contributed by atoms with Crippen LogP contribution in [0.2, 0.25) is 0 Å². The summed E-state index contributed by atoms with van der Waals surface area (Å²) < 4.78 is 5.22. The minimum Gasteiger partial charge on any atom is -0.481 e. The highest BCUT2D eigenvalue weighted by molar-refractivity contribution is 5.66. The lowest BCUT2D eigenvalue weighted by atomic mass is 10.2. The zero-order valence-electron chi connectivity index (χ0n) is 9.80. The molecule has 0 bridgehead atoms. The molecule has 0 amide bonds. The maximum atomic E-state index is 10.3. The molecule has 2 rings (SSSR count). The van der Waals surface area contributed by atoms with Crippen molar-refractivity contribution < 1.29 is 14.4 Å². The Kier molecular flexibility index (Phi) is 4.09. The van der Waals surface area contributed by atoms with E-state index in [1.165, 1.54) is 0 Å². The monoisotopic (exact) mass is 246 g/mol. The smallest absolute Gasteiger partial charge is 0.304 e. The largest absolute Gasteiger partial charge is 0.481 e. The molecule has 0 fully saturated rings. The van der Waals surface area contributed by atoms with Crippen molar-refractivity contribution in [2.45, 2.75) is 13.0 Å². The molecule has 0 radical (unpaired) electrons. The SMILES string of the molecule is O=C(O)CCNCc1cc(-c2ccccc2)on1. The number of carbonyl (C=O) groups is 1. The highest BCUT2D eigenvalue weighted by atomic mass is 16.5. The van der Waals surface area contributed by atoms with Crippen LogP contribution in [-0.2, 0) is 11.3 Å². The van der Waals surface area contributed by atoms with E-state index in [1.807, 2.05) is 36.4 Å². The van der Waals surface area contributed by atoms with Gasteiger partial charge in [-0.1, -0.05) is 35.5 Å². The Morgan fingerprint density at radius 2 is 2.11 bits per heavy atom. The average molecular weight is 246 g/mol. The molecule has 2 N–H and O–H groups in total.